The molecule has 3 aromatic rings. The van der Waals surface area contributed by atoms with E-state index in [-0.39, 0.29) is 10.6 Å². The van der Waals surface area contributed by atoms with Gasteiger partial charge in [0.1, 0.15) is 22.6 Å². The van der Waals surface area contributed by atoms with Crippen molar-refractivity contribution in [3.8, 4) is 17.4 Å². The van der Waals surface area contributed by atoms with Crippen molar-refractivity contribution in [1.82, 2.24) is 0 Å². The van der Waals surface area contributed by atoms with Crippen LogP contribution in [-0.2, 0) is 12.8 Å². The summed E-state index contributed by atoms with van der Waals surface area (Å²) in [5.74, 6) is 1.21. The van der Waals surface area contributed by atoms with Crippen LogP contribution < -0.4 is 0 Å². The Morgan fingerprint density at radius 1 is 1.24 bits per heavy atom. The van der Waals surface area contributed by atoms with Gasteiger partial charge in [-0.05, 0) is 68.9 Å². The van der Waals surface area contributed by atoms with Gasteiger partial charge in [-0.15, -0.1) is 11.3 Å². The molecule has 1 aliphatic rings. The quantitative estimate of drug-likeness (QED) is 0.301. The molecule has 0 aliphatic heterocycles. The molecule has 0 fully saturated rings. The molecule has 1 aromatic carbocycles. The van der Waals surface area contributed by atoms with Crippen molar-refractivity contribution in [2.24, 2.45) is 4.99 Å². The smallest absolute Gasteiger partial charge is 0.272 e. The van der Waals surface area contributed by atoms with Crippen LogP contribution in [0.4, 0.5) is 10.7 Å². The predicted octanol–water partition coefficient (Wildman–Crippen LogP) is 6.03. The molecule has 146 valence electrons. The van der Waals surface area contributed by atoms with Crippen molar-refractivity contribution in [2.75, 3.05) is 0 Å². The first-order valence-corrected chi connectivity index (χ1v) is 10.2. The molecule has 1 aliphatic carbocycles. The van der Waals surface area contributed by atoms with Gasteiger partial charge >= 0.3 is 0 Å². The second-order valence-corrected chi connectivity index (χ2v) is 8.26. The summed E-state index contributed by atoms with van der Waals surface area (Å²) in [6.07, 6.45) is 5.89. The van der Waals surface area contributed by atoms with Crippen LogP contribution in [0.5, 0.6) is 0 Å². The highest BCUT2D eigenvalue weighted by molar-refractivity contribution is 7.16. The van der Waals surface area contributed by atoms with Crippen LogP contribution in [0.15, 0.2) is 33.7 Å². The van der Waals surface area contributed by atoms with Crippen molar-refractivity contribution >= 4 is 28.2 Å². The van der Waals surface area contributed by atoms with E-state index in [2.05, 4.69) is 11.1 Å². The van der Waals surface area contributed by atoms with Crippen LogP contribution in [-0.4, -0.2) is 11.1 Å². The van der Waals surface area contributed by atoms with E-state index in [1.165, 1.54) is 4.88 Å². The number of nitro benzene ring substituents is 1. The Labute approximate surface area is 172 Å². The molecule has 2 heterocycles. The van der Waals surface area contributed by atoms with E-state index in [0.717, 1.165) is 47.4 Å². The number of furan rings is 1. The highest BCUT2D eigenvalue weighted by atomic mass is 32.1. The van der Waals surface area contributed by atoms with Crippen molar-refractivity contribution in [3.05, 3.63) is 67.3 Å². The molecule has 4 rings (SSSR count). The molecule has 0 unspecified atom stereocenters. The van der Waals surface area contributed by atoms with Crippen LogP contribution >= 0.6 is 11.3 Å². The second-order valence-electron chi connectivity index (χ2n) is 7.17. The molecule has 7 heteroatoms. The molecular formula is C22H19N3O3S. The van der Waals surface area contributed by atoms with Gasteiger partial charge in [0.25, 0.3) is 5.69 Å². The average Bonchev–Trinajstić information content (AvgIpc) is 3.31. The van der Waals surface area contributed by atoms with Crippen LogP contribution in [0.2, 0.25) is 0 Å². The normalized spacial score (nSPS) is 13.4. The molecular weight excluding hydrogens is 386 g/mol. The maximum absolute atomic E-state index is 11.1. The van der Waals surface area contributed by atoms with Gasteiger partial charge in [0.2, 0.25) is 0 Å². The minimum absolute atomic E-state index is 0.102. The summed E-state index contributed by atoms with van der Waals surface area (Å²) in [7, 11) is 0. The number of nitriles is 1. The summed E-state index contributed by atoms with van der Waals surface area (Å²) in [4.78, 5) is 16.5. The van der Waals surface area contributed by atoms with Crippen LogP contribution in [0, 0.1) is 35.3 Å². The molecule has 0 saturated heterocycles. The van der Waals surface area contributed by atoms with Gasteiger partial charge in [-0.1, -0.05) is 0 Å². The first-order chi connectivity index (χ1) is 14.0. The molecule has 0 saturated carbocycles. The van der Waals surface area contributed by atoms with Gasteiger partial charge in [-0.3, -0.25) is 10.1 Å². The maximum atomic E-state index is 11.1. The first-order valence-electron chi connectivity index (χ1n) is 9.42. The minimum atomic E-state index is -0.375. The summed E-state index contributed by atoms with van der Waals surface area (Å²) in [5.41, 5.74) is 4.13. The van der Waals surface area contributed by atoms with E-state index in [0.29, 0.717) is 22.6 Å². The first kappa shape index (κ1) is 19.1. The fourth-order valence-corrected chi connectivity index (χ4v) is 4.89. The third kappa shape index (κ3) is 3.59. The van der Waals surface area contributed by atoms with Crippen LogP contribution in [0.1, 0.15) is 45.7 Å². The zero-order valence-electron chi connectivity index (χ0n) is 16.2. The Morgan fingerprint density at radius 3 is 2.79 bits per heavy atom. The van der Waals surface area contributed by atoms with Crippen LogP contribution in [0.3, 0.4) is 0 Å². The highest BCUT2D eigenvalue weighted by Crippen LogP contribution is 2.39. The largest absolute Gasteiger partial charge is 0.455 e. The molecule has 6 nitrogen and oxygen atoms in total. The molecule has 0 amide bonds. The number of rotatable bonds is 4. The molecule has 0 atom stereocenters. The minimum Gasteiger partial charge on any atom is -0.455 e. The second kappa shape index (κ2) is 7.64. The zero-order valence-corrected chi connectivity index (χ0v) is 17.0. The lowest BCUT2D eigenvalue weighted by Gasteiger charge is -2.09. The lowest BCUT2D eigenvalue weighted by molar-refractivity contribution is -0.385. The number of nitro groups is 1. The average molecular weight is 405 g/mol. The molecule has 0 bridgehead atoms. The number of aryl methyl sites for hydroxylation is 3. The Kier molecular flexibility index (Phi) is 5.03. The Hall–Kier alpha value is -3.24. The molecule has 0 spiro atoms. The number of aliphatic imine (C=N–C) groups is 1. The number of hydrogen-bond donors (Lipinski definition) is 0. The van der Waals surface area contributed by atoms with Crippen molar-refractivity contribution in [3.63, 3.8) is 0 Å². The molecule has 29 heavy (non-hydrogen) atoms. The predicted molar refractivity (Wildman–Crippen MR) is 113 cm³/mol. The lowest BCUT2D eigenvalue weighted by atomic mass is 9.96. The summed E-state index contributed by atoms with van der Waals surface area (Å²) >= 11 is 1.59. The van der Waals surface area contributed by atoms with E-state index in [1.807, 2.05) is 19.1 Å². The summed E-state index contributed by atoms with van der Waals surface area (Å²) in [6, 6.07) is 9.30. The number of hydrogen-bond acceptors (Lipinski definition) is 6. The highest BCUT2D eigenvalue weighted by Gasteiger charge is 2.20. The van der Waals surface area contributed by atoms with E-state index in [1.54, 1.807) is 36.6 Å². The fourth-order valence-electron chi connectivity index (χ4n) is 3.71. The van der Waals surface area contributed by atoms with Crippen molar-refractivity contribution in [2.45, 2.75) is 39.5 Å². The molecule has 2 aromatic heterocycles. The fraction of sp³-hybridized carbons (Fsp3) is 0.273. The Bertz CT molecular complexity index is 1180. The van der Waals surface area contributed by atoms with Gasteiger partial charge < -0.3 is 4.42 Å². The Balaban J connectivity index is 1.63. The standard InChI is InChI=1S/C22H19N3O3S/c1-13-10-19(25(26)27)14(2)9-17(13)20-8-7-15(28-20)12-24-22-18(11-23)16-5-3-4-6-21(16)29-22/h7-10,12H,3-6H2,1-2H3/b24-12+. The SMILES string of the molecule is Cc1cc([N+](=O)[O-])c(C)cc1-c1ccc(/C=N/c2sc3c(c2C#N)CCCC3)o1. The number of benzene rings is 1. The topological polar surface area (TPSA) is 92.4 Å². The van der Waals surface area contributed by atoms with Gasteiger partial charge in [0, 0.05) is 22.1 Å². The molecule has 0 N–H and O–H groups in total. The van der Waals surface area contributed by atoms with Crippen molar-refractivity contribution in [1.29, 1.82) is 5.26 Å². The number of thiophene rings is 1. The maximum Gasteiger partial charge on any atom is 0.272 e. The molecule has 0 radical (unpaired) electrons. The van der Waals surface area contributed by atoms with E-state index >= 15 is 0 Å². The van der Waals surface area contributed by atoms with Gasteiger partial charge in [0.15, 0.2) is 0 Å². The summed E-state index contributed by atoms with van der Waals surface area (Å²) < 4.78 is 5.91. The van der Waals surface area contributed by atoms with Crippen molar-refractivity contribution < 1.29 is 9.34 Å². The third-order valence-corrected chi connectivity index (χ3v) is 6.41. The van der Waals surface area contributed by atoms with E-state index in [4.69, 9.17) is 4.42 Å². The number of fused-ring (bicyclic) bond motifs is 1. The van der Waals surface area contributed by atoms with E-state index in [9.17, 15) is 15.4 Å². The monoisotopic (exact) mass is 405 g/mol. The van der Waals surface area contributed by atoms with Gasteiger partial charge in [-0.25, -0.2) is 4.99 Å². The van der Waals surface area contributed by atoms with Crippen LogP contribution in [0.25, 0.3) is 11.3 Å². The van der Waals surface area contributed by atoms with E-state index < -0.39 is 0 Å². The lowest BCUT2D eigenvalue weighted by Crippen LogP contribution is -1.99. The Morgan fingerprint density at radius 2 is 2.03 bits per heavy atom. The van der Waals surface area contributed by atoms with Gasteiger partial charge in [0.05, 0.1) is 16.7 Å². The zero-order chi connectivity index (χ0) is 20.5. The summed E-state index contributed by atoms with van der Waals surface area (Å²) in [6.45, 7) is 3.54. The summed E-state index contributed by atoms with van der Waals surface area (Å²) in [5, 5.41) is 21.4. The van der Waals surface area contributed by atoms with Gasteiger partial charge in [-0.2, -0.15) is 5.26 Å². The number of nitrogens with zero attached hydrogens (tertiary/aromatic N) is 3. The third-order valence-electron chi connectivity index (χ3n) is 5.21.